The van der Waals surface area contributed by atoms with Gasteiger partial charge < -0.3 is 29.6 Å². The summed E-state index contributed by atoms with van der Waals surface area (Å²) >= 11 is 0. The summed E-state index contributed by atoms with van der Waals surface area (Å²) in [5.74, 6) is 1.51. The number of rotatable bonds is 4. The van der Waals surface area contributed by atoms with Crippen LogP contribution < -0.4 is 24.8 Å². The van der Waals surface area contributed by atoms with Crippen LogP contribution in [0.2, 0.25) is 0 Å². The van der Waals surface area contributed by atoms with Crippen molar-refractivity contribution in [2.75, 3.05) is 0 Å². The number of carbonyl (C=O) groups is 1. The van der Waals surface area contributed by atoms with E-state index in [9.17, 15) is 4.79 Å². The molecule has 0 aliphatic heterocycles. The summed E-state index contributed by atoms with van der Waals surface area (Å²) in [6, 6.07) is 5.60. The average Bonchev–Trinajstić information content (AvgIpc) is 2.89. The second-order valence-electron chi connectivity index (χ2n) is 5.38. The molecule has 0 aliphatic carbocycles. The second kappa shape index (κ2) is 9.85. The van der Waals surface area contributed by atoms with Crippen molar-refractivity contribution in [3.63, 3.8) is 0 Å². The third-order valence-corrected chi connectivity index (χ3v) is 2.85. The average molecular weight is 392 g/mol. The maximum Gasteiger partial charge on any atom is 2.00 e. The Balaban J connectivity index is 0. The minimum atomic E-state index is -0.389. The zero-order valence-electron chi connectivity index (χ0n) is 12.4. The minimum Gasteiger partial charge on any atom is -1.00 e. The van der Waals surface area contributed by atoms with E-state index < -0.39 is 0 Å². The molecule has 2 rings (SSSR count). The molecule has 0 amide bonds. The van der Waals surface area contributed by atoms with Gasteiger partial charge in [-0.2, -0.15) is 11.2 Å². The van der Waals surface area contributed by atoms with Crippen molar-refractivity contribution >= 4 is 5.78 Å². The van der Waals surface area contributed by atoms with Gasteiger partial charge in [-0.15, -0.1) is 12.0 Å². The van der Waals surface area contributed by atoms with Crippen molar-refractivity contribution in [1.82, 2.24) is 20.2 Å². The van der Waals surface area contributed by atoms with E-state index in [2.05, 4.69) is 20.2 Å². The van der Waals surface area contributed by atoms with Crippen LogP contribution in [0.15, 0.2) is 30.7 Å². The summed E-state index contributed by atoms with van der Waals surface area (Å²) in [5, 5.41) is 6.64. The van der Waals surface area contributed by atoms with Crippen LogP contribution in [0.4, 0.5) is 0 Å². The van der Waals surface area contributed by atoms with Gasteiger partial charge in [-0.25, -0.2) is 4.98 Å². The first-order valence-electron chi connectivity index (χ1n) is 6.15. The van der Waals surface area contributed by atoms with Gasteiger partial charge in [0.05, 0.1) is 5.82 Å². The third-order valence-electron chi connectivity index (χ3n) is 2.85. The minimum absolute atomic E-state index is 0. The predicted molar refractivity (Wildman–Crippen MR) is 71.1 cm³/mol. The molecule has 0 fully saturated rings. The third kappa shape index (κ3) is 5.97. The normalized spacial score (nSPS) is 9.77. The molecule has 8 heteroatoms. The Morgan fingerprint density at radius 1 is 1.23 bits per heavy atom. The van der Waals surface area contributed by atoms with Gasteiger partial charge in [0.2, 0.25) is 0 Å². The predicted octanol–water partition coefficient (Wildman–Crippen LogP) is -3.82. The topological polar surface area (TPSA) is 71.5 Å². The van der Waals surface area contributed by atoms with Crippen LogP contribution in [0, 0.1) is 11.3 Å². The van der Waals surface area contributed by atoms with Gasteiger partial charge in [-0.3, -0.25) is 10.1 Å². The fourth-order valence-corrected chi connectivity index (χ4v) is 1.61. The van der Waals surface area contributed by atoms with E-state index in [0.29, 0.717) is 5.82 Å². The van der Waals surface area contributed by atoms with Gasteiger partial charge >= 0.3 is 17.1 Å². The number of aromatic amines is 1. The van der Waals surface area contributed by atoms with E-state index in [1.165, 1.54) is 6.33 Å². The summed E-state index contributed by atoms with van der Waals surface area (Å²) in [5.41, 5.74) is 0.358. The number of carbonyl (C=O) groups excluding carboxylic acids is 1. The van der Waals surface area contributed by atoms with Crippen LogP contribution in [0.3, 0.4) is 0 Å². The summed E-state index contributed by atoms with van der Waals surface area (Å²) in [6.45, 7) is 5.73. The standard InChI is InChI=1S/C14H17N4O.2ClH.Cu/c1-14(2,3)12(19)8-10(13-16-9-17-18-13)11-6-4-5-7-15-11;;;/h4-7,9H,8H2,1-3H3,(H,16,17,18);2*1H;/q-1;;;+2/p-2. The molecule has 0 atom stereocenters. The fourth-order valence-electron chi connectivity index (χ4n) is 1.61. The van der Waals surface area contributed by atoms with Gasteiger partial charge in [-0.1, -0.05) is 32.5 Å². The summed E-state index contributed by atoms with van der Waals surface area (Å²) in [7, 11) is 0. The first-order valence-corrected chi connectivity index (χ1v) is 6.15. The molecule has 2 heterocycles. The molecule has 0 saturated carbocycles. The zero-order chi connectivity index (χ0) is 13.9. The summed E-state index contributed by atoms with van der Waals surface area (Å²) in [4.78, 5) is 20.7. The van der Waals surface area contributed by atoms with Crippen LogP contribution >= 0.6 is 0 Å². The molecule has 0 bridgehead atoms. The van der Waals surface area contributed by atoms with Crippen LogP contribution in [-0.2, 0) is 21.9 Å². The second-order valence-corrected chi connectivity index (χ2v) is 5.38. The van der Waals surface area contributed by atoms with Gasteiger partial charge in [0.1, 0.15) is 12.1 Å². The fraction of sp³-hybridized carbons (Fsp3) is 0.357. The van der Waals surface area contributed by atoms with E-state index in [4.69, 9.17) is 0 Å². The van der Waals surface area contributed by atoms with Crippen LogP contribution in [0.5, 0.6) is 0 Å². The number of Topliss-reactive ketones (excluding diaryl/α,β-unsaturated/α-hetero) is 1. The molecule has 0 aliphatic rings. The van der Waals surface area contributed by atoms with Crippen molar-refractivity contribution < 1.29 is 46.7 Å². The number of H-pyrrole nitrogens is 1. The smallest absolute Gasteiger partial charge is 1.00 e. The quantitative estimate of drug-likeness (QED) is 0.428. The van der Waals surface area contributed by atoms with E-state index in [1.54, 1.807) is 6.20 Å². The largest absolute Gasteiger partial charge is 2.00 e. The first-order chi connectivity index (χ1) is 8.98. The molecule has 22 heavy (non-hydrogen) atoms. The Morgan fingerprint density at radius 2 is 1.91 bits per heavy atom. The Labute approximate surface area is 153 Å². The van der Waals surface area contributed by atoms with E-state index in [-0.39, 0.29) is 59.5 Å². The zero-order valence-corrected chi connectivity index (χ0v) is 14.9. The van der Waals surface area contributed by atoms with Crippen LogP contribution in [0.25, 0.3) is 0 Å². The van der Waals surface area contributed by atoms with Crippen molar-refractivity contribution in [3.8, 4) is 0 Å². The van der Waals surface area contributed by atoms with Crippen LogP contribution in [0.1, 0.15) is 38.7 Å². The van der Waals surface area contributed by atoms with Gasteiger partial charge in [0.25, 0.3) is 0 Å². The number of nitrogens with one attached hydrogen (secondary N) is 1. The number of hydrogen-bond acceptors (Lipinski definition) is 4. The Hall–Kier alpha value is -1.07. The number of hydrogen-bond donors (Lipinski definition) is 1. The molecule has 0 unspecified atom stereocenters. The summed E-state index contributed by atoms with van der Waals surface area (Å²) < 4.78 is 0. The molecule has 1 N–H and O–H groups in total. The number of ketones is 1. The molecule has 1 radical (unpaired) electrons. The number of halogens is 2. The molecule has 0 aromatic carbocycles. The molecule has 125 valence electrons. The number of aromatic nitrogens is 4. The van der Waals surface area contributed by atoms with Gasteiger partial charge in [0, 0.05) is 11.6 Å². The van der Waals surface area contributed by atoms with E-state index >= 15 is 0 Å². The van der Waals surface area contributed by atoms with E-state index in [1.807, 2.05) is 39.0 Å². The molecule has 2 aromatic heterocycles. The van der Waals surface area contributed by atoms with Gasteiger partial charge in [0.15, 0.2) is 0 Å². The van der Waals surface area contributed by atoms with Crippen molar-refractivity contribution in [3.05, 3.63) is 48.2 Å². The SMILES string of the molecule is CC(C)(C)C(=O)C[C-](c1ccccn1)c1ncn[nH]1.[Cl-].[Cl-].[Cu+2]. The first kappa shape index (κ1) is 23.2. The molecular weight excluding hydrogens is 375 g/mol. The Morgan fingerprint density at radius 3 is 2.36 bits per heavy atom. The van der Waals surface area contributed by atoms with E-state index in [0.717, 1.165) is 11.6 Å². The maximum absolute atomic E-state index is 12.2. The van der Waals surface area contributed by atoms with Crippen molar-refractivity contribution in [2.24, 2.45) is 5.41 Å². The molecule has 2 aromatic rings. The maximum atomic E-state index is 12.2. The molecule has 5 nitrogen and oxygen atoms in total. The monoisotopic (exact) mass is 390 g/mol. The molecule has 0 saturated heterocycles. The van der Waals surface area contributed by atoms with Crippen molar-refractivity contribution in [2.45, 2.75) is 27.2 Å². The number of nitrogens with zero attached hydrogens (tertiary/aromatic N) is 3. The Bertz CT molecular complexity index is 544. The number of pyridine rings is 1. The molecule has 0 spiro atoms. The Kier molecular flexibility index (Phi) is 10.4. The van der Waals surface area contributed by atoms with Gasteiger partial charge in [-0.05, 0) is 6.42 Å². The van der Waals surface area contributed by atoms with Crippen molar-refractivity contribution in [1.29, 1.82) is 0 Å². The summed E-state index contributed by atoms with van der Waals surface area (Å²) in [6.07, 6.45) is 3.42. The molecular formula is C14H17Cl2CuN4O-. The van der Waals surface area contributed by atoms with Crippen LogP contribution in [-0.4, -0.2) is 25.9 Å².